The molecule has 0 unspecified atom stereocenters. The van der Waals surface area contributed by atoms with Crippen LogP contribution in [-0.2, 0) is 22.9 Å². The molecule has 0 spiro atoms. The summed E-state index contributed by atoms with van der Waals surface area (Å²) in [5, 5.41) is 1.30. The number of hydrogen-bond donors (Lipinski definition) is 0. The standard InChI is InChI=1S/C28H28N2O2S2/c31-34(32,30-17-7-2-8-18-30)22-15-13-21(14-16-22)25-19-24(20-9-3-1-4-10-20)27-23-11-5-6-12-26(23)33-28(27)29-25/h1,3-4,9-10,13-16,19H,2,5-8,11-12,17-18H2. The SMILES string of the molecule is O=S(=O)(c1ccc(-c2cc(-c3ccccc3)c3c4c(sc3n2)CCCC4)cc1)N1CCCCC1. The number of hydrogen-bond acceptors (Lipinski definition) is 4. The summed E-state index contributed by atoms with van der Waals surface area (Å²) in [6.07, 6.45) is 7.74. The predicted molar refractivity (Wildman–Crippen MR) is 140 cm³/mol. The first-order chi connectivity index (χ1) is 16.6. The molecule has 0 amide bonds. The summed E-state index contributed by atoms with van der Waals surface area (Å²) in [5.41, 5.74) is 5.75. The number of pyridine rings is 1. The number of benzene rings is 2. The maximum Gasteiger partial charge on any atom is 0.243 e. The second-order valence-corrected chi connectivity index (χ2v) is 12.3. The zero-order valence-electron chi connectivity index (χ0n) is 19.2. The van der Waals surface area contributed by atoms with Gasteiger partial charge in [-0.15, -0.1) is 11.3 Å². The summed E-state index contributed by atoms with van der Waals surface area (Å²) >= 11 is 1.83. The number of fused-ring (bicyclic) bond motifs is 3. The first kappa shape index (κ1) is 22.0. The number of aromatic nitrogens is 1. The normalized spacial score (nSPS) is 17.1. The van der Waals surface area contributed by atoms with Crippen LogP contribution in [0.2, 0.25) is 0 Å². The van der Waals surface area contributed by atoms with E-state index >= 15 is 0 Å². The first-order valence-electron chi connectivity index (χ1n) is 12.2. The maximum atomic E-state index is 13.1. The van der Waals surface area contributed by atoms with Gasteiger partial charge in [0.1, 0.15) is 4.83 Å². The van der Waals surface area contributed by atoms with Gasteiger partial charge in [0.2, 0.25) is 10.0 Å². The Morgan fingerprint density at radius 3 is 2.29 bits per heavy atom. The van der Waals surface area contributed by atoms with Gasteiger partial charge in [0, 0.05) is 28.9 Å². The van der Waals surface area contributed by atoms with Crippen molar-refractivity contribution in [2.24, 2.45) is 0 Å². The smallest absolute Gasteiger partial charge is 0.237 e. The van der Waals surface area contributed by atoms with Gasteiger partial charge in [0.05, 0.1) is 10.6 Å². The van der Waals surface area contributed by atoms with Crippen LogP contribution in [0, 0.1) is 0 Å². The fraction of sp³-hybridized carbons (Fsp3) is 0.321. The lowest BCUT2D eigenvalue weighted by molar-refractivity contribution is 0.346. The Morgan fingerprint density at radius 1 is 0.794 bits per heavy atom. The Balaban J connectivity index is 1.44. The zero-order valence-corrected chi connectivity index (χ0v) is 20.8. The van der Waals surface area contributed by atoms with Crippen molar-refractivity contribution >= 4 is 31.6 Å². The van der Waals surface area contributed by atoms with Gasteiger partial charge in [-0.3, -0.25) is 0 Å². The van der Waals surface area contributed by atoms with Gasteiger partial charge >= 0.3 is 0 Å². The average molecular weight is 489 g/mol. The fourth-order valence-corrected chi connectivity index (χ4v) is 8.11. The Hall–Kier alpha value is -2.54. The van der Waals surface area contributed by atoms with Gasteiger partial charge in [-0.1, -0.05) is 48.9 Å². The summed E-state index contributed by atoms with van der Waals surface area (Å²) in [4.78, 5) is 8.02. The molecule has 6 heteroatoms. The van der Waals surface area contributed by atoms with E-state index in [4.69, 9.17) is 4.98 Å². The third-order valence-corrected chi connectivity index (χ3v) is 10.2. The van der Waals surface area contributed by atoms with Crippen molar-refractivity contribution in [2.45, 2.75) is 49.8 Å². The molecule has 34 heavy (non-hydrogen) atoms. The fourth-order valence-electron chi connectivity index (χ4n) is 5.30. The van der Waals surface area contributed by atoms with Gasteiger partial charge in [-0.2, -0.15) is 4.31 Å². The maximum absolute atomic E-state index is 13.1. The highest BCUT2D eigenvalue weighted by Crippen LogP contribution is 2.42. The molecule has 0 bridgehead atoms. The van der Waals surface area contributed by atoms with Crippen molar-refractivity contribution in [2.75, 3.05) is 13.1 Å². The quantitative estimate of drug-likeness (QED) is 0.322. The molecule has 1 fully saturated rings. The third-order valence-electron chi connectivity index (χ3n) is 7.11. The highest BCUT2D eigenvalue weighted by molar-refractivity contribution is 7.89. The summed E-state index contributed by atoms with van der Waals surface area (Å²) in [7, 11) is -3.43. The Morgan fingerprint density at radius 2 is 1.53 bits per heavy atom. The van der Waals surface area contributed by atoms with Crippen LogP contribution in [-0.4, -0.2) is 30.8 Å². The van der Waals surface area contributed by atoms with E-state index in [0.717, 1.165) is 48.2 Å². The van der Waals surface area contributed by atoms with Crippen LogP contribution in [0.25, 0.3) is 32.6 Å². The molecule has 4 aromatic rings. The number of piperidine rings is 1. The molecule has 2 aromatic carbocycles. The van der Waals surface area contributed by atoms with Crippen molar-refractivity contribution in [1.82, 2.24) is 9.29 Å². The van der Waals surface area contributed by atoms with Crippen molar-refractivity contribution in [3.05, 3.63) is 71.1 Å². The van der Waals surface area contributed by atoms with Crippen LogP contribution in [0.4, 0.5) is 0 Å². The molecular weight excluding hydrogens is 460 g/mol. The number of aryl methyl sites for hydroxylation is 2. The van der Waals surface area contributed by atoms with E-state index in [0.29, 0.717) is 18.0 Å². The molecule has 6 rings (SSSR count). The predicted octanol–water partition coefficient (Wildman–Crippen LogP) is 6.68. The highest BCUT2D eigenvalue weighted by Gasteiger charge is 2.26. The minimum Gasteiger partial charge on any atom is -0.237 e. The molecule has 0 radical (unpaired) electrons. The van der Waals surface area contributed by atoms with Crippen LogP contribution in [0.3, 0.4) is 0 Å². The van der Waals surface area contributed by atoms with E-state index in [-0.39, 0.29) is 0 Å². The van der Waals surface area contributed by atoms with Crippen molar-refractivity contribution in [3.63, 3.8) is 0 Å². The van der Waals surface area contributed by atoms with Crippen LogP contribution >= 0.6 is 11.3 Å². The second-order valence-electron chi connectivity index (χ2n) is 9.30. The van der Waals surface area contributed by atoms with E-state index in [2.05, 4.69) is 30.3 Å². The van der Waals surface area contributed by atoms with Gasteiger partial charge in [0.15, 0.2) is 0 Å². The molecular formula is C28H28N2O2S2. The van der Waals surface area contributed by atoms with E-state index in [1.807, 2.05) is 29.5 Å². The van der Waals surface area contributed by atoms with E-state index in [9.17, 15) is 8.42 Å². The second kappa shape index (κ2) is 8.91. The average Bonchev–Trinajstić information content (AvgIpc) is 3.28. The summed E-state index contributed by atoms with van der Waals surface area (Å²) in [6.45, 7) is 1.23. The van der Waals surface area contributed by atoms with E-state index < -0.39 is 10.0 Å². The van der Waals surface area contributed by atoms with Crippen LogP contribution in [0.15, 0.2) is 65.6 Å². The lowest BCUT2D eigenvalue weighted by atomic mass is 9.92. The number of sulfonamides is 1. The van der Waals surface area contributed by atoms with Crippen molar-refractivity contribution < 1.29 is 8.42 Å². The lowest BCUT2D eigenvalue weighted by Crippen LogP contribution is -2.35. The van der Waals surface area contributed by atoms with Crippen LogP contribution < -0.4 is 0 Å². The molecule has 4 nitrogen and oxygen atoms in total. The van der Waals surface area contributed by atoms with Crippen LogP contribution in [0.1, 0.15) is 42.5 Å². The first-order valence-corrected chi connectivity index (χ1v) is 14.5. The summed E-state index contributed by atoms with van der Waals surface area (Å²) in [6, 6.07) is 20.0. The number of thiophene rings is 1. The van der Waals surface area contributed by atoms with Gasteiger partial charge in [-0.25, -0.2) is 13.4 Å². The molecule has 2 aromatic heterocycles. The Labute approximate surface area is 205 Å². The van der Waals surface area contributed by atoms with E-state index in [1.54, 1.807) is 16.4 Å². The number of nitrogens with zero attached hydrogens (tertiary/aromatic N) is 2. The highest BCUT2D eigenvalue weighted by atomic mass is 32.2. The lowest BCUT2D eigenvalue weighted by Gasteiger charge is -2.25. The molecule has 1 aliphatic carbocycles. The molecule has 1 saturated heterocycles. The molecule has 174 valence electrons. The minimum atomic E-state index is -3.43. The molecule has 1 aliphatic heterocycles. The molecule has 0 saturated carbocycles. The Bertz CT molecular complexity index is 1440. The Kier molecular flexibility index (Phi) is 5.76. The zero-order chi connectivity index (χ0) is 23.1. The molecule has 2 aliphatic rings. The summed E-state index contributed by atoms with van der Waals surface area (Å²) in [5.74, 6) is 0. The molecule has 0 N–H and O–H groups in total. The molecule has 3 heterocycles. The summed E-state index contributed by atoms with van der Waals surface area (Å²) < 4.78 is 27.8. The van der Waals surface area contributed by atoms with E-state index in [1.165, 1.54) is 39.8 Å². The van der Waals surface area contributed by atoms with Gasteiger partial charge < -0.3 is 0 Å². The minimum absolute atomic E-state index is 0.370. The van der Waals surface area contributed by atoms with Gasteiger partial charge in [0.25, 0.3) is 0 Å². The number of rotatable bonds is 4. The van der Waals surface area contributed by atoms with Crippen LogP contribution in [0.5, 0.6) is 0 Å². The third kappa shape index (κ3) is 3.88. The van der Waals surface area contributed by atoms with Crippen molar-refractivity contribution in [1.29, 1.82) is 0 Å². The topological polar surface area (TPSA) is 50.3 Å². The van der Waals surface area contributed by atoms with Crippen molar-refractivity contribution in [3.8, 4) is 22.4 Å². The molecule has 0 atom stereocenters. The van der Waals surface area contributed by atoms with Gasteiger partial charge in [-0.05, 0) is 73.4 Å². The monoisotopic (exact) mass is 488 g/mol. The largest absolute Gasteiger partial charge is 0.243 e.